The normalized spacial score (nSPS) is 20.0. The minimum Gasteiger partial charge on any atom is -0.338 e. The van der Waals surface area contributed by atoms with Gasteiger partial charge in [-0.1, -0.05) is 47.6 Å². The van der Waals surface area contributed by atoms with Gasteiger partial charge in [0.25, 0.3) is 0 Å². The van der Waals surface area contributed by atoms with Gasteiger partial charge in [0.2, 0.25) is 11.8 Å². The van der Waals surface area contributed by atoms with Gasteiger partial charge in [-0.15, -0.1) is 0 Å². The zero-order valence-electron chi connectivity index (χ0n) is 17.4. The maximum absolute atomic E-state index is 13.4. The number of aromatic nitrogens is 1. The predicted octanol–water partition coefficient (Wildman–Crippen LogP) is 4.90. The maximum atomic E-state index is 13.4. The van der Waals surface area contributed by atoms with Crippen LogP contribution in [0.1, 0.15) is 54.0 Å². The lowest BCUT2D eigenvalue weighted by molar-refractivity contribution is -0.116. The van der Waals surface area contributed by atoms with Gasteiger partial charge in [-0.25, -0.2) is 0 Å². The smallest absolute Gasteiger partial charge is 0.233 e. The first kappa shape index (κ1) is 19.3. The highest BCUT2D eigenvalue weighted by Gasteiger charge is 2.41. The number of rotatable bonds is 3. The van der Waals surface area contributed by atoms with Crippen molar-refractivity contribution in [2.24, 2.45) is 0 Å². The van der Waals surface area contributed by atoms with Crippen molar-refractivity contribution < 1.29 is 14.1 Å². The number of anilines is 2. The molecule has 0 fully saturated rings. The first-order valence-corrected chi connectivity index (χ1v) is 10.4. The molecule has 2 heterocycles. The molecule has 6 nitrogen and oxygen atoms in total. The van der Waals surface area contributed by atoms with E-state index in [9.17, 15) is 9.59 Å². The van der Waals surface area contributed by atoms with Crippen LogP contribution in [0.3, 0.4) is 0 Å². The van der Waals surface area contributed by atoms with Crippen LogP contribution in [0, 0.1) is 6.92 Å². The molecule has 156 valence electrons. The summed E-state index contributed by atoms with van der Waals surface area (Å²) in [5, 5.41) is 10.3. The highest BCUT2D eigenvalue weighted by molar-refractivity contribution is 6.01. The molecule has 0 saturated carbocycles. The Bertz CT molecular complexity index is 1190. The van der Waals surface area contributed by atoms with Crippen molar-refractivity contribution in [1.29, 1.82) is 0 Å². The molecule has 1 aromatic heterocycles. The van der Waals surface area contributed by atoms with E-state index in [1.807, 2.05) is 49.4 Å². The Morgan fingerprint density at radius 3 is 2.52 bits per heavy atom. The number of benzene rings is 2. The lowest BCUT2D eigenvalue weighted by Crippen LogP contribution is -2.29. The fourth-order valence-electron chi connectivity index (χ4n) is 4.73. The Hall–Kier alpha value is -3.67. The maximum Gasteiger partial charge on any atom is 0.233 e. The average Bonchev–Trinajstić information content (AvgIpc) is 3.13. The third-order valence-electron chi connectivity index (χ3n) is 6.09. The fourth-order valence-corrected chi connectivity index (χ4v) is 4.73. The molecule has 2 atom stereocenters. The number of carbonyl (C=O) groups excluding carboxylic acids is 2. The number of aryl methyl sites for hydroxylation is 1. The zero-order chi connectivity index (χ0) is 21.5. The molecular weight excluding hydrogens is 390 g/mol. The second-order valence-corrected chi connectivity index (χ2v) is 8.20. The number of hydrogen-bond donors (Lipinski definition) is 2. The largest absolute Gasteiger partial charge is 0.338 e. The molecule has 2 aromatic carbocycles. The van der Waals surface area contributed by atoms with Crippen LogP contribution in [0.4, 0.5) is 11.6 Å². The van der Waals surface area contributed by atoms with E-state index >= 15 is 0 Å². The Labute approximate surface area is 180 Å². The summed E-state index contributed by atoms with van der Waals surface area (Å²) in [4.78, 5) is 24.8. The van der Waals surface area contributed by atoms with E-state index in [1.165, 1.54) is 12.5 Å². The summed E-state index contributed by atoms with van der Waals surface area (Å²) in [5.41, 5.74) is 6.23. The summed E-state index contributed by atoms with van der Waals surface area (Å²) in [7, 11) is 0. The van der Waals surface area contributed by atoms with E-state index in [2.05, 4.69) is 27.9 Å². The number of allylic oxidation sites excluding steroid dienone is 2. The predicted molar refractivity (Wildman–Crippen MR) is 118 cm³/mol. The van der Waals surface area contributed by atoms with E-state index in [1.54, 1.807) is 0 Å². The van der Waals surface area contributed by atoms with Gasteiger partial charge in [0.15, 0.2) is 5.78 Å². The van der Waals surface area contributed by atoms with Gasteiger partial charge in [0.05, 0.1) is 11.3 Å². The van der Waals surface area contributed by atoms with E-state index in [0.717, 1.165) is 40.2 Å². The Balaban J connectivity index is 1.57. The number of fused-ring (bicyclic) bond motifs is 1. The minimum absolute atomic E-state index is 0.119. The van der Waals surface area contributed by atoms with Crippen LogP contribution in [0.2, 0.25) is 0 Å². The molecule has 1 amide bonds. The summed E-state index contributed by atoms with van der Waals surface area (Å²) in [5.74, 6) is 0.520. The second kappa shape index (κ2) is 7.54. The van der Waals surface area contributed by atoms with Crippen LogP contribution >= 0.6 is 0 Å². The van der Waals surface area contributed by atoms with E-state index in [0.29, 0.717) is 12.3 Å². The summed E-state index contributed by atoms with van der Waals surface area (Å²) in [6, 6.07) is 17.8. The average molecular weight is 413 g/mol. The Morgan fingerprint density at radius 1 is 1.06 bits per heavy atom. The van der Waals surface area contributed by atoms with Gasteiger partial charge in [-0.05, 0) is 42.5 Å². The highest BCUT2D eigenvalue weighted by atomic mass is 16.5. The first-order valence-electron chi connectivity index (χ1n) is 10.4. The van der Waals surface area contributed by atoms with Crippen molar-refractivity contribution >= 4 is 23.3 Å². The zero-order valence-corrected chi connectivity index (χ0v) is 17.4. The SMILES string of the molecule is CC(=O)Nc1ccc(C2C3=C(CC(c4ccccc4)CC3=O)Nc3onc(C)c32)cc1. The van der Waals surface area contributed by atoms with Crippen LogP contribution in [0.15, 0.2) is 70.4 Å². The number of nitrogens with one attached hydrogen (secondary N) is 2. The van der Waals surface area contributed by atoms with E-state index < -0.39 is 0 Å². The molecule has 5 rings (SSSR count). The summed E-state index contributed by atoms with van der Waals surface area (Å²) < 4.78 is 5.58. The van der Waals surface area contributed by atoms with Crippen molar-refractivity contribution in [1.82, 2.24) is 5.16 Å². The summed E-state index contributed by atoms with van der Waals surface area (Å²) in [6.45, 7) is 3.38. The molecule has 0 spiro atoms. The number of amides is 1. The number of carbonyl (C=O) groups is 2. The quantitative estimate of drug-likeness (QED) is 0.638. The lowest BCUT2D eigenvalue weighted by atomic mass is 9.72. The van der Waals surface area contributed by atoms with Gasteiger partial charge in [0, 0.05) is 36.2 Å². The van der Waals surface area contributed by atoms with Crippen molar-refractivity contribution in [2.45, 2.75) is 38.5 Å². The molecule has 2 aliphatic rings. The van der Waals surface area contributed by atoms with Crippen LogP contribution in [0.25, 0.3) is 0 Å². The van der Waals surface area contributed by atoms with E-state index in [-0.39, 0.29) is 23.5 Å². The third-order valence-corrected chi connectivity index (χ3v) is 6.09. The van der Waals surface area contributed by atoms with Gasteiger partial charge in [0.1, 0.15) is 0 Å². The van der Waals surface area contributed by atoms with Crippen molar-refractivity contribution in [2.75, 3.05) is 10.6 Å². The van der Waals surface area contributed by atoms with Crippen molar-refractivity contribution in [3.8, 4) is 0 Å². The molecule has 2 unspecified atom stereocenters. The molecule has 1 aliphatic carbocycles. The molecule has 31 heavy (non-hydrogen) atoms. The molecule has 3 aromatic rings. The van der Waals surface area contributed by atoms with E-state index in [4.69, 9.17) is 4.52 Å². The van der Waals surface area contributed by atoms with Crippen LogP contribution < -0.4 is 10.6 Å². The molecule has 0 saturated heterocycles. The lowest BCUT2D eigenvalue weighted by Gasteiger charge is -2.34. The number of Topliss-reactive ketones (excluding diaryl/α,β-unsaturated/α-hetero) is 1. The summed E-state index contributed by atoms with van der Waals surface area (Å²) >= 11 is 0. The standard InChI is InChI=1S/C25H23N3O3/c1-14-22-23(17-8-10-19(11-9-17)26-15(2)29)24-20(27-25(22)31-28-14)12-18(13-21(24)30)16-6-4-3-5-7-16/h3-11,18,23,27H,12-13H2,1-2H3,(H,26,29). The second-order valence-electron chi connectivity index (χ2n) is 8.20. The molecule has 0 radical (unpaired) electrons. The first-order chi connectivity index (χ1) is 15.0. The monoisotopic (exact) mass is 413 g/mol. The highest BCUT2D eigenvalue weighted by Crippen LogP contribution is 2.49. The number of hydrogen-bond acceptors (Lipinski definition) is 5. The van der Waals surface area contributed by atoms with Crippen molar-refractivity contribution in [3.05, 3.63) is 88.3 Å². The molecular formula is C25H23N3O3. The minimum atomic E-state index is -0.242. The number of ketones is 1. The van der Waals surface area contributed by atoms with Crippen LogP contribution in [0.5, 0.6) is 0 Å². The Morgan fingerprint density at radius 2 is 1.81 bits per heavy atom. The topological polar surface area (TPSA) is 84.2 Å². The molecule has 0 bridgehead atoms. The molecule has 6 heteroatoms. The molecule has 1 aliphatic heterocycles. The fraction of sp³-hybridized carbons (Fsp3) is 0.240. The Kier molecular flexibility index (Phi) is 4.70. The van der Waals surface area contributed by atoms with Gasteiger partial charge < -0.3 is 15.2 Å². The van der Waals surface area contributed by atoms with Gasteiger partial charge in [-0.3, -0.25) is 9.59 Å². The third kappa shape index (κ3) is 3.44. The summed E-state index contributed by atoms with van der Waals surface area (Å²) in [6.07, 6.45) is 1.22. The van der Waals surface area contributed by atoms with Gasteiger partial charge >= 0.3 is 0 Å². The number of nitrogens with zero attached hydrogens (tertiary/aromatic N) is 1. The van der Waals surface area contributed by atoms with Crippen LogP contribution in [-0.2, 0) is 9.59 Å². The van der Waals surface area contributed by atoms with Crippen LogP contribution in [-0.4, -0.2) is 16.8 Å². The van der Waals surface area contributed by atoms with Crippen molar-refractivity contribution in [3.63, 3.8) is 0 Å². The molecule has 2 N–H and O–H groups in total. The van der Waals surface area contributed by atoms with Gasteiger partial charge in [-0.2, -0.15) is 0 Å².